The number of phosphoric ester groups is 1. The van der Waals surface area contributed by atoms with Gasteiger partial charge in [0.25, 0.3) is 0 Å². The van der Waals surface area contributed by atoms with Gasteiger partial charge in [0.1, 0.15) is 0 Å². The van der Waals surface area contributed by atoms with Gasteiger partial charge in [-0.3, -0.25) is 0 Å². The van der Waals surface area contributed by atoms with Crippen LogP contribution in [0.5, 0.6) is 0 Å². The molecule has 0 aromatic carbocycles. The van der Waals surface area contributed by atoms with E-state index < -0.39 is 7.82 Å². The summed E-state index contributed by atoms with van der Waals surface area (Å²) in [7, 11) is -4.74. The first kappa shape index (κ1) is 24.1. The molecule has 0 aliphatic carbocycles. The second-order valence-corrected chi connectivity index (χ2v) is 5.38. The van der Waals surface area contributed by atoms with Crippen LogP contribution in [-0.4, -0.2) is 6.61 Å². The molecule has 0 atom stereocenters. The molecule has 0 N–H and O–H groups in total. The molecule has 0 bridgehead atoms. The first-order chi connectivity index (χ1) is 6.92. The maximum Gasteiger partial charge on any atom is 1.00 e. The fraction of sp³-hybridized carbons (Fsp3) is 1.00. The second kappa shape index (κ2) is 14.5. The molecular weight excluding hydrogens is 261 g/mol. The number of hydrogen-bond acceptors (Lipinski definition) is 4. The molecule has 0 unspecified atom stereocenters. The average Bonchev–Trinajstić information content (AvgIpc) is 2.07. The van der Waals surface area contributed by atoms with Crippen molar-refractivity contribution >= 4 is 7.82 Å². The van der Waals surface area contributed by atoms with Crippen molar-refractivity contribution in [3.8, 4) is 0 Å². The Kier molecular flexibility index (Phi) is 20.6. The Balaban J connectivity index is -0.000000980. The molecule has 4 nitrogen and oxygen atoms in total. The Hall–Kier alpha value is 2.11. The summed E-state index contributed by atoms with van der Waals surface area (Å²) in [5, 5.41) is 0. The van der Waals surface area contributed by atoms with E-state index >= 15 is 0 Å². The van der Waals surface area contributed by atoms with E-state index in [2.05, 4.69) is 18.4 Å². The van der Waals surface area contributed by atoms with Gasteiger partial charge in [0.2, 0.25) is 0 Å². The van der Waals surface area contributed by atoms with Gasteiger partial charge in [-0.2, -0.15) is 0 Å². The molecule has 0 spiro atoms. The quantitative estimate of drug-likeness (QED) is 0.244. The van der Waals surface area contributed by atoms with Gasteiger partial charge in [0.15, 0.2) is 0 Å². The summed E-state index contributed by atoms with van der Waals surface area (Å²) in [5.74, 6) is 0.750. The summed E-state index contributed by atoms with van der Waals surface area (Å²) >= 11 is 0. The number of unbranched alkanes of at least 4 members (excludes halogenated alkanes) is 4. The standard InChI is InChI=1S/C10H23O4P.2Na/c1-10(2)8-6-4-3-5-7-9-14-15(11,12)13;;/h10H,3-9H2,1-2H3,(H2,11,12,13);;/q;2*+1/p-2. The maximum absolute atomic E-state index is 10.1. The average molecular weight is 282 g/mol. The SMILES string of the molecule is CC(C)CCCCCCCOP(=O)([O-])[O-].[Na+].[Na+]. The number of phosphoric acid groups is 1. The molecule has 92 valence electrons. The van der Waals surface area contributed by atoms with Gasteiger partial charge in [-0.25, -0.2) is 0 Å². The van der Waals surface area contributed by atoms with Gasteiger partial charge >= 0.3 is 59.1 Å². The van der Waals surface area contributed by atoms with Gasteiger partial charge < -0.3 is 18.9 Å². The molecule has 7 heteroatoms. The van der Waals surface area contributed by atoms with Crippen LogP contribution >= 0.6 is 7.82 Å². The van der Waals surface area contributed by atoms with Crippen LogP contribution in [0.15, 0.2) is 0 Å². The number of rotatable bonds is 9. The molecule has 0 aliphatic rings. The summed E-state index contributed by atoms with van der Waals surface area (Å²) in [6.45, 7) is 4.44. The van der Waals surface area contributed by atoms with Crippen LogP contribution in [0.1, 0.15) is 52.4 Å². The van der Waals surface area contributed by atoms with Crippen LogP contribution in [0.4, 0.5) is 0 Å². The van der Waals surface area contributed by atoms with Crippen molar-refractivity contribution in [3.63, 3.8) is 0 Å². The fourth-order valence-electron chi connectivity index (χ4n) is 1.36. The molecule has 0 saturated heterocycles. The zero-order valence-corrected chi connectivity index (χ0v) is 16.5. The maximum atomic E-state index is 10.1. The first-order valence-electron chi connectivity index (χ1n) is 5.58. The van der Waals surface area contributed by atoms with Gasteiger partial charge in [-0.05, 0) is 12.3 Å². The predicted molar refractivity (Wildman–Crippen MR) is 56.1 cm³/mol. The minimum atomic E-state index is -4.74. The summed E-state index contributed by atoms with van der Waals surface area (Å²) in [6.07, 6.45) is 6.30. The Labute approximate surface area is 149 Å². The molecule has 0 saturated carbocycles. The van der Waals surface area contributed by atoms with E-state index in [-0.39, 0.29) is 65.7 Å². The van der Waals surface area contributed by atoms with E-state index in [0.29, 0.717) is 6.42 Å². The third kappa shape index (κ3) is 23.6. The van der Waals surface area contributed by atoms with E-state index in [1.165, 1.54) is 19.3 Å². The van der Waals surface area contributed by atoms with Crippen LogP contribution in [0.3, 0.4) is 0 Å². The third-order valence-electron chi connectivity index (χ3n) is 2.18. The molecule has 0 aliphatic heterocycles. The Morgan fingerprint density at radius 1 is 1.00 bits per heavy atom. The smallest absolute Gasteiger partial charge is 0.790 e. The van der Waals surface area contributed by atoms with Crippen molar-refractivity contribution in [2.75, 3.05) is 6.61 Å². The van der Waals surface area contributed by atoms with Crippen LogP contribution in [0, 0.1) is 5.92 Å². The van der Waals surface area contributed by atoms with Crippen LogP contribution in [0.2, 0.25) is 0 Å². The van der Waals surface area contributed by atoms with Crippen molar-refractivity contribution in [2.24, 2.45) is 5.92 Å². The molecule has 17 heavy (non-hydrogen) atoms. The van der Waals surface area contributed by atoms with Gasteiger partial charge in [-0.15, -0.1) is 0 Å². The van der Waals surface area contributed by atoms with Crippen molar-refractivity contribution in [2.45, 2.75) is 52.4 Å². The summed E-state index contributed by atoms with van der Waals surface area (Å²) < 4.78 is 14.2. The topological polar surface area (TPSA) is 72.4 Å². The summed E-state index contributed by atoms with van der Waals surface area (Å²) in [5.41, 5.74) is 0. The zero-order valence-electron chi connectivity index (χ0n) is 11.6. The molecule has 0 aromatic heterocycles. The third-order valence-corrected chi connectivity index (χ3v) is 2.67. The van der Waals surface area contributed by atoms with E-state index in [1.807, 2.05) is 0 Å². The van der Waals surface area contributed by atoms with Crippen molar-refractivity contribution in [1.82, 2.24) is 0 Å². The van der Waals surface area contributed by atoms with Crippen LogP contribution in [-0.2, 0) is 9.09 Å². The van der Waals surface area contributed by atoms with E-state index in [1.54, 1.807) is 0 Å². The molecule has 0 radical (unpaired) electrons. The van der Waals surface area contributed by atoms with Gasteiger partial charge in [-0.1, -0.05) is 46.0 Å². The van der Waals surface area contributed by atoms with Crippen molar-refractivity contribution in [1.29, 1.82) is 0 Å². The zero-order chi connectivity index (χ0) is 11.7. The minimum absolute atomic E-state index is 0. The van der Waals surface area contributed by atoms with E-state index in [9.17, 15) is 14.4 Å². The fourth-order valence-corrected chi connectivity index (χ4v) is 1.71. The molecule has 0 aromatic rings. The van der Waals surface area contributed by atoms with E-state index in [4.69, 9.17) is 0 Å². The Bertz CT molecular complexity index is 197. The summed E-state index contributed by atoms with van der Waals surface area (Å²) in [4.78, 5) is 20.2. The van der Waals surface area contributed by atoms with Crippen LogP contribution < -0.4 is 68.9 Å². The van der Waals surface area contributed by atoms with E-state index in [0.717, 1.165) is 18.8 Å². The normalized spacial score (nSPS) is 10.9. The summed E-state index contributed by atoms with van der Waals surface area (Å²) in [6, 6.07) is 0. The molecular formula is C10H21Na2O4P. The second-order valence-electron chi connectivity index (χ2n) is 4.23. The number of hydrogen-bond donors (Lipinski definition) is 0. The monoisotopic (exact) mass is 282 g/mol. The predicted octanol–water partition coefficient (Wildman–Crippen LogP) is -4.16. The molecule has 0 fully saturated rings. The largest absolute Gasteiger partial charge is 1.00 e. The Morgan fingerprint density at radius 2 is 1.47 bits per heavy atom. The van der Waals surface area contributed by atoms with Crippen LogP contribution in [0.25, 0.3) is 0 Å². The Morgan fingerprint density at radius 3 is 1.94 bits per heavy atom. The first-order valence-corrected chi connectivity index (χ1v) is 7.04. The van der Waals surface area contributed by atoms with Gasteiger partial charge in [0, 0.05) is 0 Å². The molecule has 0 heterocycles. The van der Waals surface area contributed by atoms with Crippen molar-refractivity contribution < 1.29 is 78.0 Å². The van der Waals surface area contributed by atoms with Crippen molar-refractivity contribution in [3.05, 3.63) is 0 Å². The molecule has 0 amide bonds. The molecule has 0 rings (SSSR count). The minimum Gasteiger partial charge on any atom is -0.790 e. The van der Waals surface area contributed by atoms with Gasteiger partial charge in [0.05, 0.1) is 14.4 Å².